The zero-order chi connectivity index (χ0) is 28.2. The van der Waals surface area contributed by atoms with E-state index < -0.39 is 21.4 Å². The van der Waals surface area contributed by atoms with Crippen molar-refractivity contribution in [3.8, 4) is 11.5 Å². The lowest BCUT2D eigenvalue weighted by Crippen LogP contribution is -2.73. The zero-order valence-electron chi connectivity index (χ0n) is 23.9. The molecular formula is C30H42ClN3O5S. The second-order valence-corrected chi connectivity index (χ2v) is 13.3. The van der Waals surface area contributed by atoms with Crippen LogP contribution < -0.4 is 10.1 Å². The average molecular weight is 592 g/mol. The SMILES string of the molecule is CCCCN1C(=O)[C@H](CC(C)C)NC(=O)C12CCN(Cc1ccc(Oc3ccc(S(C)(=O)=O)cc3)cc1)CC2.Cl. The Morgan fingerprint density at radius 1 is 1.00 bits per heavy atom. The molecule has 40 heavy (non-hydrogen) atoms. The standard InChI is InChI=1S/C30H41N3O5S.ClH/c1-5-6-17-33-28(34)27(20-22(2)3)31-29(35)30(33)15-18-32(19-16-30)21-23-7-9-24(10-8-23)38-25-11-13-26(14-12-25)39(4,36)37;/h7-14,22,27H,5-6,15-21H2,1-4H3,(H,31,35);1H/t27-;/m0./s1. The average Bonchev–Trinajstić information content (AvgIpc) is 2.89. The fourth-order valence-corrected chi connectivity index (χ4v) is 6.17. The third-order valence-electron chi connectivity index (χ3n) is 7.75. The van der Waals surface area contributed by atoms with Crippen molar-refractivity contribution >= 4 is 34.1 Å². The number of benzene rings is 2. The van der Waals surface area contributed by atoms with E-state index in [1.807, 2.05) is 29.2 Å². The van der Waals surface area contributed by atoms with E-state index in [1.54, 1.807) is 12.1 Å². The molecule has 8 nitrogen and oxygen atoms in total. The highest BCUT2D eigenvalue weighted by Crippen LogP contribution is 2.35. The predicted molar refractivity (Wildman–Crippen MR) is 159 cm³/mol. The van der Waals surface area contributed by atoms with E-state index in [9.17, 15) is 18.0 Å². The van der Waals surface area contributed by atoms with E-state index in [0.717, 1.165) is 38.0 Å². The third kappa shape index (κ3) is 7.36. The van der Waals surface area contributed by atoms with Crippen LogP contribution >= 0.6 is 12.4 Å². The molecule has 1 spiro atoms. The van der Waals surface area contributed by atoms with Crippen molar-refractivity contribution in [3.05, 3.63) is 54.1 Å². The van der Waals surface area contributed by atoms with Gasteiger partial charge in [0.05, 0.1) is 4.90 Å². The number of piperazine rings is 1. The van der Waals surface area contributed by atoms with Crippen LogP contribution in [0.15, 0.2) is 53.4 Å². The van der Waals surface area contributed by atoms with Crippen LogP contribution in [0.3, 0.4) is 0 Å². The van der Waals surface area contributed by atoms with Crippen molar-refractivity contribution in [1.29, 1.82) is 0 Å². The summed E-state index contributed by atoms with van der Waals surface area (Å²) in [4.78, 5) is 31.4. The number of amides is 2. The number of hydrogen-bond acceptors (Lipinski definition) is 6. The molecule has 1 N–H and O–H groups in total. The van der Waals surface area contributed by atoms with E-state index in [-0.39, 0.29) is 29.1 Å². The van der Waals surface area contributed by atoms with Gasteiger partial charge in [0.15, 0.2) is 9.84 Å². The highest BCUT2D eigenvalue weighted by atomic mass is 35.5. The summed E-state index contributed by atoms with van der Waals surface area (Å²) in [7, 11) is -3.24. The van der Waals surface area contributed by atoms with Crippen LogP contribution in [-0.2, 0) is 26.0 Å². The van der Waals surface area contributed by atoms with Gasteiger partial charge in [-0.2, -0.15) is 0 Å². The van der Waals surface area contributed by atoms with Gasteiger partial charge in [-0.1, -0.05) is 39.3 Å². The Morgan fingerprint density at radius 2 is 1.57 bits per heavy atom. The number of ether oxygens (including phenoxy) is 1. The minimum Gasteiger partial charge on any atom is -0.457 e. The lowest BCUT2D eigenvalue weighted by atomic mass is 9.80. The van der Waals surface area contributed by atoms with Crippen LogP contribution in [0.2, 0.25) is 0 Å². The summed E-state index contributed by atoms with van der Waals surface area (Å²) >= 11 is 0. The molecule has 10 heteroatoms. The Bertz CT molecular complexity index is 1260. The topological polar surface area (TPSA) is 96.0 Å². The normalized spacial score (nSPS) is 19.4. The zero-order valence-corrected chi connectivity index (χ0v) is 25.5. The van der Waals surface area contributed by atoms with Gasteiger partial charge in [-0.05, 0) is 73.6 Å². The van der Waals surface area contributed by atoms with Gasteiger partial charge in [0.1, 0.15) is 23.1 Å². The van der Waals surface area contributed by atoms with Crippen LogP contribution in [0.1, 0.15) is 58.4 Å². The largest absolute Gasteiger partial charge is 0.457 e. The van der Waals surface area contributed by atoms with Crippen molar-refractivity contribution < 1.29 is 22.7 Å². The Kier molecular flexibility index (Phi) is 10.7. The molecule has 2 saturated heterocycles. The quantitative estimate of drug-likeness (QED) is 0.426. The molecule has 0 saturated carbocycles. The summed E-state index contributed by atoms with van der Waals surface area (Å²) in [6, 6.07) is 13.8. The molecule has 1 atom stereocenters. The number of halogens is 1. The predicted octanol–water partition coefficient (Wildman–Crippen LogP) is 4.81. The lowest BCUT2D eigenvalue weighted by molar-refractivity contribution is -0.161. The van der Waals surface area contributed by atoms with Gasteiger partial charge in [-0.3, -0.25) is 14.5 Å². The van der Waals surface area contributed by atoms with Gasteiger partial charge in [0.25, 0.3) is 0 Å². The summed E-state index contributed by atoms with van der Waals surface area (Å²) in [5.74, 6) is 1.66. The first-order valence-electron chi connectivity index (χ1n) is 13.9. The summed E-state index contributed by atoms with van der Waals surface area (Å²) in [6.07, 6.45) is 4.99. The number of nitrogens with one attached hydrogen (secondary N) is 1. The number of nitrogens with zero attached hydrogens (tertiary/aromatic N) is 2. The Hall–Kier alpha value is -2.62. The van der Waals surface area contributed by atoms with E-state index in [2.05, 4.69) is 31.0 Å². The van der Waals surface area contributed by atoms with Crippen LogP contribution in [0.5, 0.6) is 11.5 Å². The monoisotopic (exact) mass is 591 g/mol. The first-order valence-corrected chi connectivity index (χ1v) is 15.8. The van der Waals surface area contributed by atoms with Gasteiger partial charge in [0, 0.05) is 32.4 Å². The molecule has 2 aromatic rings. The lowest BCUT2D eigenvalue weighted by Gasteiger charge is -2.52. The number of sulfone groups is 1. The van der Waals surface area contributed by atoms with Crippen molar-refractivity contribution in [1.82, 2.24) is 15.1 Å². The molecule has 0 radical (unpaired) electrons. The molecule has 4 rings (SSSR count). The molecular weight excluding hydrogens is 550 g/mol. The summed E-state index contributed by atoms with van der Waals surface area (Å²) in [5.41, 5.74) is 0.385. The molecule has 2 aliphatic rings. The fourth-order valence-electron chi connectivity index (χ4n) is 5.54. The molecule has 0 aromatic heterocycles. The smallest absolute Gasteiger partial charge is 0.246 e. The van der Waals surface area contributed by atoms with Gasteiger partial charge in [-0.15, -0.1) is 12.4 Å². The second-order valence-electron chi connectivity index (χ2n) is 11.3. The van der Waals surface area contributed by atoms with Crippen LogP contribution in [-0.4, -0.2) is 67.5 Å². The van der Waals surface area contributed by atoms with Gasteiger partial charge < -0.3 is 15.0 Å². The highest BCUT2D eigenvalue weighted by Gasteiger charge is 2.53. The molecule has 2 amide bonds. The molecule has 0 unspecified atom stereocenters. The van der Waals surface area contributed by atoms with Gasteiger partial charge >= 0.3 is 0 Å². The Morgan fingerprint density at radius 3 is 2.10 bits per heavy atom. The van der Waals surface area contributed by atoms with Crippen LogP contribution in [0.4, 0.5) is 0 Å². The molecule has 2 aromatic carbocycles. The number of hydrogen-bond donors (Lipinski definition) is 1. The van der Waals surface area contributed by atoms with E-state index in [4.69, 9.17) is 4.74 Å². The maximum absolute atomic E-state index is 13.4. The molecule has 2 aliphatic heterocycles. The number of piperidine rings is 1. The second kappa shape index (κ2) is 13.4. The molecule has 220 valence electrons. The van der Waals surface area contributed by atoms with E-state index in [0.29, 0.717) is 43.2 Å². The van der Waals surface area contributed by atoms with E-state index >= 15 is 0 Å². The van der Waals surface area contributed by atoms with E-state index in [1.165, 1.54) is 18.4 Å². The minimum absolute atomic E-state index is 0. The molecule has 2 fully saturated rings. The number of unbranched alkanes of at least 4 members (excludes halogenated alkanes) is 1. The Labute approximate surface area is 244 Å². The Balaban J connectivity index is 0.00000441. The maximum atomic E-state index is 13.4. The summed E-state index contributed by atoms with van der Waals surface area (Å²) in [6.45, 7) is 9.13. The number of likely N-dealkylation sites (tertiary alicyclic amines) is 1. The van der Waals surface area contributed by atoms with Crippen molar-refractivity contribution in [2.45, 2.75) is 75.9 Å². The van der Waals surface area contributed by atoms with Crippen molar-refractivity contribution in [2.75, 3.05) is 25.9 Å². The molecule has 0 aliphatic carbocycles. The summed E-state index contributed by atoms with van der Waals surface area (Å²) in [5, 5.41) is 3.07. The molecule has 2 heterocycles. The fraction of sp³-hybridized carbons (Fsp3) is 0.533. The summed E-state index contributed by atoms with van der Waals surface area (Å²) < 4.78 is 29.2. The van der Waals surface area contributed by atoms with Crippen molar-refractivity contribution in [3.63, 3.8) is 0 Å². The van der Waals surface area contributed by atoms with Crippen LogP contribution in [0, 0.1) is 5.92 Å². The maximum Gasteiger partial charge on any atom is 0.246 e. The minimum atomic E-state index is -3.24. The third-order valence-corrected chi connectivity index (χ3v) is 8.88. The first-order chi connectivity index (χ1) is 18.5. The number of rotatable bonds is 10. The highest BCUT2D eigenvalue weighted by molar-refractivity contribution is 7.90. The van der Waals surface area contributed by atoms with Gasteiger partial charge in [-0.25, -0.2) is 8.42 Å². The first kappa shape index (κ1) is 31.9. The van der Waals surface area contributed by atoms with Gasteiger partial charge in [0.2, 0.25) is 11.8 Å². The van der Waals surface area contributed by atoms with Crippen LogP contribution in [0.25, 0.3) is 0 Å². The number of carbonyl (C=O) groups is 2. The van der Waals surface area contributed by atoms with Crippen molar-refractivity contribution in [2.24, 2.45) is 5.92 Å². The number of carbonyl (C=O) groups excluding carboxylic acids is 2. The molecule has 0 bridgehead atoms.